The van der Waals surface area contributed by atoms with Crippen molar-refractivity contribution < 1.29 is 17.9 Å². The van der Waals surface area contributed by atoms with Crippen LogP contribution < -0.4 is 11.3 Å². The highest BCUT2D eigenvalue weighted by atomic mass is 19.4. The van der Waals surface area contributed by atoms with Crippen molar-refractivity contribution in [3.05, 3.63) is 35.4 Å². The molecule has 2 atom stereocenters. The van der Waals surface area contributed by atoms with E-state index in [1.165, 1.54) is 12.1 Å². The van der Waals surface area contributed by atoms with Gasteiger partial charge in [-0.2, -0.15) is 13.2 Å². The Morgan fingerprint density at radius 2 is 2.05 bits per heavy atom. The van der Waals surface area contributed by atoms with Crippen LogP contribution in [0, 0.1) is 5.92 Å². The molecule has 0 amide bonds. The van der Waals surface area contributed by atoms with Gasteiger partial charge in [-0.15, -0.1) is 0 Å². The SMILES string of the molecule is COCCC(C)C(Cc1cccc(C(F)(F)F)c1)NN. The first kappa shape index (κ1) is 16.9. The molecule has 0 radical (unpaired) electrons. The molecule has 0 fully saturated rings. The molecule has 3 nitrogen and oxygen atoms in total. The monoisotopic (exact) mass is 290 g/mol. The topological polar surface area (TPSA) is 47.3 Å². The Labute approximate surface area is 117 Å². The van der Waals surface area contributed by atoms with Gasteiger partial charge in [-0.05, 0) is 30.4 Å². The van der Waals surface area contributed by atoms with E-state index in [2.05, 4.69) is 5.43 Å². The Hall–Kier alpha value is -1.11. The molecule has 0 aromatic heterocycles. The summed E-state index contributed by atoms with van der Waals surface area (Å²) in [5.74, 6) is 5.71. The van der Waals surface area contributed by atoms with Crippen LogP contribution in [0.5, 0.6) is 0 Å². The Kier molecular flexibility index (Phi) is 6.45. The zero-order valence-electron chi connectivity index (χ0n) is 11.7. The molecule has 0 heterocycles. The second-order valence-corrected chi connectivity index (χ2v) is 4.93. The number of alkyl halides is 3. The van der Waals surface area contributed by atoms with E-state index in [0.29, 0.717) is 18.6 Å². The number of hydrogen-bond acceptors (Lipinski definition) is 3. The number of nitrogens with two attached hydrogens (primary N) is 1. The number of benzene rings is 1. The molecule has 0 spiro atoms. The molecular formula is C14H21F3N2O. The molecular weight excluding hydrogens is 269 g/mol. The first-order valence-corrected chi connectivity index (χ1v) is 6.49. The van der Waals surface area contributed by atoms with Crippen molar-refractivity contribution in [1.29, 1.82) is 0 Å². The van der Waals surface area contributed by atoms with Gasteiger partial charge in [0.05, 0.1) is 5.56 Å². The Bertz CT molecular complexity index is 410. The van der Waals surface area contributed by atoms with Crippen LogP contribution in [0.4, 0.5) is 13.2 Å². The summed E-state index contributed by atoms with van der Waals surface area (Å²) in [6, 6.07) is 5.26. The van der Waals surface area contributed by atoms with Gasteiger partial charge in [0.15, 0.2) is 0 Å². The molecule has 20 heavy (non-hydrogen) atoms. The van der Waals surface area contributed by atoms with Crippen molar-refractivity contribution in [2.24, 2.45) is 11.8 Å². The lowest BCUT2D eigenvalue weighted by molar-refractivity contribution is -0.137. The van der Waals surface area contributed by atoms with Gasteiger partial charge in [-0.25, -0.2) is 0 Å². The van der Waals surface area contributed by atoms with Crippen molar-refractivity contribution in [2.75, 3.05) is 13.7 Å². The van der Waals surface area contributed by atoms with E-state index in [9.17, 15) is 13.2 Å². The fraction of sp³-hybridized carbons (Fsp3) is 0.571. The number of hydrazine groups is 1. The van der Waals surface area contributed by atoms with E-state index in [1.807, 2.05) is 6.92 Å². The predicted octanol–water partition coefficient (Wildman–Crippen LogP) is 2.75. The third-order valence-electron chi connectivity index (χ3n) is 3.39. The highest BCUT2D eigenvalue weighted by Gasteiger charge is 2.30. The quantitative estimate of drug-likeness (QED) is 0.599. The fourth-order valence-electron chi connectivity index (χ4n) is 2.06. The molecule has 0 aliphatic carbocycles. The van der Waals surface area contributed by atoms with Gasteiger partial charge in [-0.1, -0.05) is 25.1 Å². The minimum absolute atomic E-state index is 0.0892. The van der Waals surface area contributed by atoms with Crippen LogP contribution in [-0.4, -0.2) is 19.8 Å². The summed E-state index contributed by atoms with van der Waals surface area (Å²) in [5, 5.41) is 0. The van der Waals surface area contributed by atoms with Crippen molar-refractivity contribution in [3.8, 4) is 0 Å². The summed E-state index contributed by atoms with van der Waals surface area (Å²) in [5.41, 5.74) is 2.67. The van der Waals surface area contributed by atoms with Crippen molar-refractivity contribution in [3.63, 3.8) is 0 Å². The highest BCUT2D eigenvalue weighted by Crippen LogP contribution is 2.30. The average Bonchev–Trinajstić information content (AvgIpc) is 2.41. The molecule has 3 N–H and O–H groups in total. The maximum Gasteiger partial charge on any atom is 0.416 e. The molecule has 1 rings (SSSR count). The molecule has 0 bridgehead atoms. The van der Waals surface area contributed by atoms with Crippen molar-refractivity contribution in [1.82, 2.24) is 5.43 Å². The summed E-state index contributed by atoms with van der Waals surface area (Å²) >= 11 is 0. The Morgan fingerprint density at radius 1 is 1.35 bits per heavy atom. The highest BCUT2D eigenvalue weighted by molar-refractivity contribution is 5.26. The first-order valence-electron chi connectivity index (χ1n) is 6.49. The van der Waals surface area contributed by atoms with Crippen LogP contribution in [-0.2, 0) is 17.3 Å². The van der Waals surface area contributed by atoms with E-state index in [0.717, 1.165) is 12.5 Å². The van der Waals surface area contributed by atoms with E-state index in [1.54, 1.807) is 13.2 Å². The third kappa shape index (κ3) is 5.11. The van der Waals surface area contributed by atoms with E-state index in [-0.39, 0.29) is 12.0 Å². The number of hydrogen-bond donors (Lipinski definition) is 2. The van der Waals surface area contributed by atoms with Crippen LogP contribution in [0.25, 0.3) is 0 Å². The number of rotatable bonds is 7. The molecule has 0 aliphatic rings. The van der Waals surface area contributed by atoms with Crippen molar-refractivity contribution >= 4 is 0 Å². The van der Waals surface area contributed by atoms with Gasteiger partial charge in [-0.3, -0.25) is 11.3 Å². The number of methoxy groups -OCH3 is 1. The third-order valence-corrected chi connectivity index (χ3v) is 3.39. The van der Waals surface area contributed by atoms with E-state index in [4.69, 9.17) is 10.6 Å². The van der Waals surface area contributed by atoms with Crippen LogP contribution >= 0.6 is 0 Å². The summed E-state index contributed by atoms with van der Waals surface area (Å²) in [6.45, 7) is 2.60. The van der Waals surface area contributed by atoms with Gasteiger partial charge in [0.2, 0.25) is 0 Å². The maximum absolute atomic E-state index is 12.7. The summed E-state index contributed by atoms with van der Waals surface area (Å²) in [7, 11) is 1.62. The molecule has 1 aromatic carbocycles. The van der Waals surface area contributed by atoms with Crippen LogP contribution in [0.2, 0.25) is 0 Å². The maximum atomic E-state index is 12.7. The summed E-state index contributed by atoms with van der Waals surface area (Å²) in [4.78, 5) is 0. The lowest BCUT2D eigenvalue weighted by Gasteiger charge is -2.23. The standard InChI is InChI=1S/C14H21F3N2O/c1-10(6-7-20-2)13(19-18)9-11-4-3-5-12(8-11)14(15,16)17/h3-5,8,10,13,19H,6-7,9,18H2,1-2H3. The number of nitrogens with one attached hydrogen (secondary N) is 1. The Balaban J connectivity index is 2.75. The number of ether oxygens (including phenoxy) is 1. The molecule has 1 aromatic rings. The second kappa shape index (κ2) is 7.61. The van der Waals surface area contributed by atoms with Crippen molar-refractivity contribution in [2.45, 2.75) is 32.0 Å². The van der Waals surface area contributed by atoms with Gasteiger partial charge >= 0.3 is 6.18 Å². The first-order chi connectivity index (χ1) is 9.38. The summed E-state index contributed by atoms with van der Waals surface area (Å²) in [6.07, 6.45) is -3.07. The Morgan fingerprint density at radius 3 is 2.60 bits per heavy atom. The minimum atomic E-state index is -4.32. The molecule has 0 saturated heterocycles. The lowest BCUT2D eigenvalue weighted by atomic mass is 9.92. The minimum Gasteiger partial charge on any atom is -0.385 e. The normalized spacial score (nSPS) is 15.1. The van der Waals surface area contributed by atoms with Gasteiger partial charge in [0, 0.05) is 19.8 Å². The van der Waals surface area contributed by atoms with Crippen LogP contribution in [0.15, 0.2) is 24.3 Å². The van der Waals surface area contributed by atoms with Crippen LogP contribution in [0.3, 0.4) is 0 Å². The van der Waals surface area contributed by atoms with E-state index >= 15 is 0 Å². The lowest BCUT2D eigenvalue weighted by Crippen LogP contribution is -2.41. The average molecular weight is 290 g/mol. The molecule has 2 unspecified atom stereocenters. The second-order valence-electron chi connectivity index (χ2n) is 4.93. The molecule has 114 valence electrons. The summed E-state index contributed by atoms with van der Waals surface area (Å²) < 4.78 is 43.0. The fourth-order valence-corrected chi connectivity index (χ4v) is 2.06. The van der Waals surface area contributed by atoms with Gasteiger partial charge in [0.25, 0.3) is 0 Å². The smallest absolute Gasteiger partial charge is 0.385 e. The molecule has 6 heteroatoms. The van der Waals surface area contributed by atoms with Gasteiger partial charge < -0.3 is 4.74 Å². The predicted molar refractivity (Wildman–Crippen MR) is 71.9 cm³/mol. The number of halogens is 3. The largest absolute Gasteiger partial charge is 0.416 e. The molecule has 0 aliphatic heterocycles. The van der Waals surface area contributed by atoms with Gasteiger partial charge in [0.1, 0.15) is 0 Å². The zero-order valence-corrected chi connectivity index (χ0v) is 11.7. The van der Waals surface area contributed by atoms with Crippen LogP contribution in [0.1, 0.15) is 24.5 Å². The van der Waals surface area contributed by atoms with E-state index < -0.39 is 11.7 Å². The molecule has 0 saturated carbocycles. The zero-order chi connectivity index (χ0) is 15.2.